The lowest BCUT2D eigenvalue weighted by Crippen LogP contribution is -2.19. The van der Waals surface area contributed by atoms with Crippen molar-refractivity contribution in [3.8, 4) is 5.75 Å². The molecule has 1 heterocycles. The first-order chi connectivity index (χ1) is 21.6. The summed E-state index contributed by atoms with van der Waals surface area (Å²) in [6.07, 6.45) is -1.44. The maximum Gasteiger partial charge on any atom is 0.313 e. The van der Waals surface area contributed by atoms with Crippen LogP contribution in [-0.4, -0.2) is 66.9 Å². The lowest BCUT2D eigenvalue weighted by molar-refractivity contribution is -0.114. The molecular weight excluding hydrogens is 718 g/mol. The van der Waals surface area contributed by atoms with Gasteiger partial charge in [-0.3, -0.25) is 18.5 Å². The molecule has 17 nitrogen and oxygen atoms in total. The molecule has 0 atom stereocenters. The number of nitrogens with one attached hydrogen (secondary N) is 1. The maximum atomic E-state index is 13.8. The molecule has 0 aliphatic carbocycles. The fourth-order valence-electron chi connectivity index (χ4n) is 4.29. The van der Waals surface area contributed by atoms with E-state index in [-0.39, 0.29) is 17.8 Å². The number of nitrogens with zero attached hydrogens (tertiary/aromatic N) is 5. The van der Waals surface area contributed by atoms with Gasteiger partial charge in [0.2, 0.25) is 11.9 Å². The van der Waals surface area contributed by atoms with Gasteiger partial charge in [0.1, 0.15) is 31.1 Å². The van der Waals surface area contributed by atoms with Crippen LogP contribution < -0.4 is 10.2 Å². The average molecular weight is 737 g/mol. The minimum atomic E-state index is -5.39. The van der Waals surface area contributed by atoms with E-state index >= 15 is 0 Å². The van der Waals surface area contributed by atoms with Crippen LogP contribution in [0.4, 0.5) is 31.7 Å². The minimum Gasteiger partial charge on any atom is -0.505 e. The molecule has 0 aliphatic heterocycles. The molecule has 4 aromatic rings. The number of rotatable bonds is 9. The first-order valence-electron chi connectivity index (χ1n) is 12.3. The van der Waals surface area contributed by atoms with Gasteiger partial charge in [-0.05, 0) is 35.9 Å². The van der Waals surface area contributed by atoms with Crippen molar-refractivity contribution >= 4 is 81.5 Å². The summed E-state index contributed by atoms with van der Waals surface area (Å²) in [5, 5.41) is 18.7. The van der Waals surface area contributed by atoms with Crippen molar-refractivity contribution in [1.82, 2.24) is 9.97 Å². The minimum absolute atomic E-state index is 0.118. The fraction of sp³-hybridized carbons (Fsp3) is 0.125. The van der Waals surface area contributed by atoms with Crippen LogP contribution in [0.15, 0.2) is 61.3 Å². The van der Waals surface area contributed by atoms with E-state index in [2.05, 4.69) is 25.5 Å². The monoisotopic (exact) mass is 736 g/mol. The zero-order valence-electron chi connectivity index (χ0n) is 23.4. The van der Waals surface area contributed by atoms with Crippen LogP contribution in [0.1, 0.15) is 12.5 Å². The predicted molar refractivity (Wildman–Crippen MR) is 159 cm³/mol. The largest absolute Gasteiger partial charge is 0.505 e. The molecule has 0 saturated carbocycles. The van der Waals surface area contributed by atoms with Gasteiger partial charge in [0.25, 0.3) is 30.4 Å². The smallest absolute Gasteiger partial charge is 0.313 e. The number of fused-ring (bicyclic) bond motifs is 1. The summed E-state index contributed by atoms with van der Waals surface area (Å²) in [4.78, 5) is 16.0. The van der Waals surface area contributed by atoms with Gasteiger partial charge >= 0.3 is 6.08 Å². The Morgan fingerprint density at radius 3 is 2.09 bits per heavy atom. The van der Waals surface area contributed by atoms with Crippen molar-refractivity contribution in [2.45, 2.75) is 28.2 Å². The van der Waals surface area contributed by atoms with Gasteiger partial charge in [0.15, 0.2) is 11.6 Å². The molecule has 1 amide bonds. The van der Waals surface area contributed by atoms with E-state index < -0.39 is 102 Å². The molecule has 4 rings (SSSR count). The molecule has 0 radical (unpaired) electrons. The van der Waals surface area contributed by atoms with Crippen LogP contribution in [0.5, 0.6) is 5.75 Å². The number of hydrogen-bond donors (Lipinski definition) is 5. The van der Waals surface area contributed by atoms with E-state index in [4.69, 9.17) is 11.6 Å². The molecule has 0 saturated heterocycles. The van der Waals surface area contributed by atoms with Gasteiger partial charge < -0.3 is 15.3 Å². The summed E-state index contributed by atoms with van der Waals surface area (Å²) in [7, 11) is -14.3. The van der Waals surface area contributed by atoms with Crippen molar-refractivity contribution in [3.05, 3.63) is 59.0 Å². The third kappa shape index (κ3) is 7.59. The van der Waals surface area contributed by atoms with Crippen LogP contribution in [0.2, 0.25) is 5.02 Å². The molecule has 5 N–H and O–H groups in total. The number of phenolic OH excluding ortho intramolecular Hbond substituents is 1. The van der Waals surface area contributed by atoms with Crippen LogP contribution in [-0.2, 0) is 41.7 Å². The molecule has 0 aliphatic rings. The average Bonchev–Trinajstić information content (AvgIpc) is 2.92. The number of azo groups is 1. The second-order valence-corrected chi connectivity index (χ2v) is 14.0. The molecule has 47 heavy (non-hydrogen) atoms. The number of carbonyl (C=O) groups is 1. The van der Waals surface area contributed by atoms with Crippen molar-refractivity contribution in [2.75, 3.05) is 17.3 Å². The molecule has 3 aromatic carbocycles. The second-order valence-electron chi connectivity index (χ2n) is 9.49. The van der Waals surface area contributed by atoms with Gasteiger partial charge in [0.05, 0.1) is 11.1 Å². The number of phenols is 1. The molecule has 1 aromatic heterocycles. The van der Waals surface area contributed by atoms with Gasteiger partial charge in [-0.2, -0.15) is 44.0 Å². The van der Waals surface area contributed by atoms with Gasteiger partial charge in [-0.15, -0.1) is 10.2 Å². The van der Waals surface area contributed by atoms with Gasteiger partial charge in [-0.25, -0.2) is 0 Å². The highest BCUT2D eigenvalue weighted by Crippen LogP contribution is 2.46. The molecular formula is C24H19ClF2N6O11S3. The van der Waals surface area contributed by atoms with Crippen molar-refractivity contribution < 1.29 is 57.6 Å². The van der Waals surface area contributed by atoms with E-state index in [1.807, 2.05) is 0 Å². The Morgan fingerprint density at radius 2 is 1.51 bits per heavy atom. The number of anilines is 2. The Bertz CT molecular complexity index is 2340. The topological polar surface area (TPSA) is 266 Å². The SMILES string of the molecule is CC(=O)Nc1ccc(S(=O)(=O)O)c2cc(S(=O)(=O)O)c(N=Nc3cc(CN(C)c4nc(F)nc(F)c4Cl)ccc3S(=O)(=O)O)c(O)c12. The summed E-state index contributed by atoms with van der Waals surface area (Å²) in [5.74, 6) is -3.72. The Morgan fingerprint density at radius 1 is 0.915 bits per heavy atom. The Hall–Kier alpha value is -4.45. The summed E-state index contributed by atoms with van der Waals surface area (Å²) < 4.78 is 130. The lowest BCUT2D eigenvalue weighted by atomic mass is 10.1. The van der Waals surface area contributed by atoms with Gasteiger partial charge in [-0.1, -0.05) is 17.7 Å². The number of halogens is 3. The third-order valence-corrected chi connectivity index (χ3v) is 9.15. The lowest BCUT2D eigenvalue weighted by Gasteiger charge is -2.19. The standard InChI is InChI=1S/C24H19ClF2N6O11S3/c1-10(34)28-13-4-6-15(45(36,37)38)12-8-17(47(42,43)44)20(21(35)18(12)13)32-31-14-7-11(3-5-16(14)46(39,40)41)9-33(2)23-19(25)22(26)29-24(27)30-23/h3-8,35H,9H2,1-2H3,(H,28,34)(H,36,37,38)(H,39,40,41)(H,42,43,44). The number of benzene rings is 3. The van der Waals surface area contributed by atoms with E-state index in [9.17, 15) is 57.6 Å². The van der Waals surface area contributed by atoms with Crippen molar-refractivity contribution in [3.63, 3.8) is 0 Å². The first kappa shape index (κ1) is 35.4. The first-order valence-corrected chi connectivity index (χ1v) is 17.0. The Labute approximate surface area is 268 Å². The van der Waals surface area contributed by atoms with E-state index in [0.29, 0.717) is 6.07 Å². The molecule has 0 spiro atoms. The zero-order valence-corrected chi connectivity index (χ0v) is 26.6. The summed E-state index contributed by atoms with van der Waals surface area (Å²) in [6, 6.07) is 5.18. The quantitative estimate of drug-likeness (QED) is 0.0703. The van der Waals surface area contributed by atoms with E-state index in [1.54, 1.807) is 0 Å². The molecule has 0 bridgehead atoms. The number of hydrogen-bond acceptors (Lipinski definition) is 13. The second kappa shape index (κ2) is 12.6. The highest BCUT2D eigenvalue weighted by Gasteiger charge is 2.28. The van der Waals surface area contributed by atoms with Gasteiger partial charge in [0, 0.05) is 25.9 Å². The van der Waals surface area contributed by atoms with Crippen molar-refractivity contribution in [2.24, 2.45) is 10.2 Å². The van der Waals surface area contributed by atoms with Crippen LogP contribution in [0, 0.1) is 12.0 Å². The number of amides is 1. The molecule has 0 unspecified atom stereocenters. The van der Waals surface area contributed by atoms with Crippen LogP contribution in [0.3, 0.4) is 0 Å². The highest BCUT2D eigenvalue weighted by atomic mass is 35.5. The Kier molecular flexibility index (Phi) is 9.51. The molecule has 23 heteroatoms. The third-order valence-electron chi connectivity index (χ3n) is 6.15. The number of aromatic nitrogens is 2. The maximum absolute atomic E-state index is 13.8. The van der Waals surface area contributed by atoms with E-state index in [0.717, 1.165) is 42.2 Å². The van der Waals surface area contributed by atoms with Crippen molar-refractivity contribution in [1.29, 1.82) is 0 Å². The summed E-state index contributed by atoms with van der Waals surface area (Å²) >= 11 is 5.82. The number of aromatic hydroxyl groups is 1. The number of carbonyl (C=O) groups excluding carboxylic acids is 1. The van der Waals surface area contributed by atoms with Crippen LogP contribution >= 0.6 is 11.6 Å². The molecule has 0 fully saturated rings. The molecule has 250 valence electrons. The van der Waals surface area contributed by atoms with Crippen LogP contribution in [0.25, 0.3) is 10.8 Å². The van der Waals surface area contributed by atoms with E-state index in [1.165, 1.54) is 7.05 Å². The normalized spacial score (nSPS) is 12.5. The zero-order chi connectivity index (χ0) is 35.2. The predicted octanol–water partition coefficient (Wildman–Crippen LogP) is 4.02. The fourth-order valence-corrected chi connectivity index (χ4v) is 6.45. The summed E-state index contributed by atoms with van der Waals surface area (Å²) in [6.45, 7) is 0.750. The summed E-state index contributed by atoms with van der Waals surface area (Å²) in [5.41, 5.74) is -1.98. The highest BCUT2D eigenvalue weighted by molar-refractivity contribution is 7.86. The Balaban J connectivity index is 1.96.